The molecule has 1 saturated carbocycles. The lowest BCUT2D eigenvalue weighted by molar-refractivity contribution is -0.896. The van der Waals surface area contributed by atoms with Crippen molar-refractivity contribution in [1.82, 2.24) is 0 Å². The van der Waals surface area contributed by atoms with Crippen LogP contribution in [0.5, 0.6) is 0 Å². The second kappa shape index (κ2) is 4.24. The van der Waals surface area contributed by atoms with E-state index >= 15 is 0 Å². The summed E-state index contributed by atoms with van der Waals surface area (Å²) in [7, 11) is 0. The van der Waals surface area contributed by atoms with E-state index in [4.69, 9.17) is 4.74 Å². The van der Waals surface area contributed by atoms with Gasteiger partial charge in [-0.05, 0) is 23.1 Å². The summed E-state index contributed by atoms with van der Waals surface area (Å²) in [5.41, 5.74) is 3.46. The quantitative estimate of drug-likeness (QED) is 0.409. The minimum Gasteiger partial charge on any atom is -0.632 e. The molecule has 7 atom stereocenters. The van der Waals surface area contributed by atoms with E-state index in [1.54, 1.807) is 0 Å². The third-order valence-electron chi connectivity index (χ3n) is 8.50. The van der Waals surface area contributed by atoms with Gasteiger partial charge in [0.2, 0.25) is 5.91 Å². The van der Waals surface area contributed by atoms with Crippen LogP contribution in [0.1, 0.15) is 24.8 Å². The highest BCUT2D eigenvalue weighted by Gasteiger charge is 2.74. The fourth-order valence-corrected chi connectivity index (χ4v) is 7.77. The van der Waals surface area contributed by atoms with Gasteiger partial charge in [-0.1, -0.05) is 24.3 Å². The topological polar surface area (TPSA) is 52.6 Å². The Labute approximate surface area is 152 Å². The summed E-state index contributed by atoms with van der Waals surface area (Å²) >= 11 is 0. The molecule has 5 heterocycles. The Kier molecular flexibility index (Phi) is 2.34. The number of hydrogen-bond acceptors (Lipinski definition) is 3. The van der Waals surface area contributed by atoms with Gasteiger partial charge in [0, 0.05) is 24.4 Å². The van der Waals surface area contributed by atoms with Crippen LogP contribution in [0.4, 0.5) is 5.69 Å². The van der Waals surface area contributed by atoms with E-state index in [0.717, 1.165) is 18.5 Å². The number of rotatable bonds is 0. The number of hydrogen-bond donors (Lipinski definition) is 0. The van der Waals surface area contributed by atoms with Gasteiger partial charge in [-0.3, -0.25) is 4.79 Å². The largest absolute Gasteiger partial charge is 0.632 e. The summed E-state index contributed by atoms with van der Waals surface area (Å²) in [5, 5.41) is 13.9. The first-order chi connectivity index (χ1) is 12.6. The third-order valence-corrected chi connectivity index (χ3v) is 8.50. The van der Waals surface area contributed by atoms with E-state index in [9.17, 15) is 10.0 Å². The first-order valence-electron chi connectivity index (χ1n) is 9.93. The zero-order valence-electron chi connectivity index (χ0n) is 14.6. The van der Waals surface area contributed by atoms with Crippen LogP contribution in [0, 0.1) is 17.0 Å². The fraction of sp³-hybridized carbons (Fsp3) is 0.571. The van der Waals surface area contributed by atoms with E-state index in [-0.39, 0.29) is 34.2 Å². The molecule has 5 aliphatic heterocycles. The highest BCUT2D eigenvalue weighted by molar-refractivity contribution is 5.99. The van der Waals surface area contributed by atoms with Crippen LogP contribution in [-0.4, -0.2) is 48.4 Å². The minimum atomic E-state index is -0.174. The molecule has 6 aliphatic rings. The molecule has 26 heavy (non-hydrogen) atoms. The average Bonchev–Trinajstić information content (AvgIpc) is 3.05. The van der Waals surface area contributed by atoms with Crippen molar-refractivity contribution in [2.24, 2.45) is 11.8 Å². The number of benzene rings is 1. The minimum absolute atomic E-state index is 0.00175. The highest BCUT2D eigenvalue weighted by atomic mass is 16.6. The summed E-state index contributed by atoms with van der Waals surface area (Å²) in [5.74, 6) is 0.922. The third kappa shape index (κ3) is 1.33. The second-order valence-electron chi connectivity index (χ2n) is 9.14. The van der Waals surface area contributed by atoms with Crippen LogP contribution in [0.2, 0.25) is 0 Å². The molecule has 0 aromatic heterocycles. The number of ether oxygens (including phenoxy) is 1. The van der Waals surface area contributed by atoms with Crippen molar-refractivity contribution in [1.29, 1.82) is 0 Å². The Bertz CT molecular complexity index is 897. The fourth-order valence-electron chi connectivity index (χ4n) is 7.77. The predicted octanol–water partition coefficient (Wildman–Crippen LogP) is 2.11. The molecule has 1 aliphatic carbocycles. The summed E-state index contributed by atoms with van der Waals surface area (Å²) in [4.78, 5) is 15.3. The Morgan fingerprint density at radius 1 is 1.31 bits per heavy atom. The van der Waals surface area contributed by atoms with Gasteiger partial charge in [0.15, 0.2) is 0 Å². The van der Waals surface area contributed by atoms with Crippen LogP contribution in [0.25, 0.3) is 0 Å². The summed E-state index contributed by atoms with van der Waals surface area (Å²) in [6.45, 7) is 1.87. The maximum absolute atomic E-state index is 13.9. The van der Waals surface area contributed by atoms with Crippen LogP contribution in [0.3, 0.4) is 0 Å². The van der Waals surface area contributed by atoms with E-state index in [1.165, 1.54) is 11.1 Å². The molecule has 2 bridgehead atoms. The summed E-state index contributed by atoms with van der Waals surface area (Å²) < 4.78 is 6.10. The van der Waals surface area contributed by atoms with Crippen LogP contribution in [-0.2, 0) is 14.9 Å². The normalized spacial score (nSPS) is 49.6. The lowest BCUT2D eigenvalue weighted by Gasteiger charge is -2.61. The monoisotopic (exact) mass is 350 g/mol. The van der Waals surface area contributed by atoms with Gasteiger partial charge in [-0.15, -0.1) is 0 Å². The van der Waals surface area contributed by atoms with Crippen molar-refractivity contribution in [3.8, 4) is 0 Å². The lowest BCUT2D eigenvalue weighted by atomic mass is 9.53. The maximum atomic E-state index is 13.9. The molecule has 1 unspecified atom stereocenters. The van der Waals surface area contributed by atoms with Crippen molar-refractivity contribution in [2.75, 3.05) is 24.6 Å². The van der Waals surface area contributed by atoms with Gasteiger partial charge < -0.3 is 19.5 Å². The standard InChI is InChI=1S/C21H22N2O3/c24-18-10-16-19-13-9-17-21(6-7-23(17,25)11-12(13)5-8-26-16)14-3-1-2-4-15(14)22(18)20(19)21/h1-5,13,16-17,19-20H,6-11H2/t13-,16-,17+,19-,20-,21-,23?/m0/s1. The van der Waals surface area contributed by atoms with Gasteiger partial charge in [0.1, 0.15) is 12.6 Å². The van der Waals surface area contributed by atoms with Crippen molar-refractivity contribution in [3.63, 3.8) is 0 Å². The Morgan fingerprint density at radius 3 is 3.12 bits per heavy atom. The van der Waals surface area contributed by atoms with E-state index in [1.807, 2.05) is 6.07 Å². The van der Waals surface area contributed by atoms with Gasteiger partial charge >= 0.3 is 0 Å². The summed E-state index contributed by atoms with van der Waals surface area (Å²) in [6, 6.07) is 8.58. The first-order valence-corrected chi connectivity index (χ1v) is 9.93. The Morgan fingerprint density at radius 2 is 2.19 bits per heavy atom. The first kappa shape index (κ1) is 14.4. The number of anilines is 1. The van der Waals surface area contributed by atoms with Crippen LogP contribution < -0.4 is 4.90 Å². The Hall–Kier alpha value is -1.69. The SMILES string of the molecule is O=C1C[C@@H]2OCC=C3C[N+]4([O-])CC[C@@]56c7ccccc7N1[C@H]5[C@H]2[C@H]3C[C@H]64. The zero-order chi connectivity index (χ0) is 17.3. The van der Waals surface area contributed by atoms with Gasteiger partial charge in [0.05, 0.1) is 37.1 Å². The molecule has 5 nitrogen and oxygen atoms in total. The molecule has 134 valence electrons. The average molecular weight is 350 g/mol. The molecule has 1 amide bonds. The van der Waals surface area contributed by atoms with Crippen molar-refractivity contribution in [3.05, 3.63) is 46.7 Å². The van der Waals surface area contributed by atoms with E-state index in [0.29, 0.717) is 38.0 Å². The van der Waals surface area contributed by atoms with Crippen LogP contribution in [0.15, 0.2) is 35.9 Å². The number of amides is 1. The molecule has 4 fully saturated rings. The number of hydroxylamine groups is 3. The van der Waals surface area contributed by atoms with E-state index < -0.39 is 0 Å². The number of fused-ring (bicyclic) bond motifs is 2. The molecule has 3 saturated heterocycles. The molecule has 7 rings (SSSR count). The van der Waals surface area contributed by atoms with Gasteiger partial charge in [-0.25, -0.2) is 0 Å². The molecule has 5 heteroatoms. The molecular weight excluding hydrogens is 328 g/mol. The van der Waals surface area contributed by atoms with Crippen LogP contribution >= 0.6 is 0 Å². The van der Waals surface area contributed by atoms with Gasteiger partial charge in [0.25, 0.3) is 0 Å². The molecule has 1 spiro atoms. The lowest BCUT2D eigenvalue weighted by Crippen LogP contribution is -2.71. The van der Waals surface area contributed by atoms with Crippen molar-refractivity contribution in [2.45, 2.75) is 42.9 Å². The number of piperidine rings is 2. The maximum Gasteiger partial charge on any atom is 0.229 e. The molecular formula is C21H22N2O3. The van der Waals surface area contributed by atoms with Gasteiger partial charge in [-0.2, -0.15) is 0 Å². The van der Waals surface area contributed by atoms with Crippen molar-refractivity contribution < 1.29 is 14.2 Å². The second-order valence-corrected chi connectivity index (χ2v) is 9.14. The molecule has 0 radical (unpaired) electrons. The number of quaternary nitrogens is 1. The number of para-hydroxylation sites is 1. The predicted molar refractivity (Wildman–Crippen MR) is 95.2 cm³/mol. The molecule has 0 N–H and O–H groups in total. The number of carbonyl (C=O) groups excluding carboxylic acids is 1. The molecule has 1 aromatic rings. The number of carbonyl (C=O) groups is 1. The van der Waals surface area contributed by atoms with Crippen molar-refractivity contribution >= 4 is 11.6 Å². The number of nitrogens with zero attached hydrogens (tertiary/aromatic N) is 2. The smallest absolute Gasteiger partial charge is 0.229 e. The van der Waals surface area contributed by atoms with E-state index in [2.05, 4.69) is 29.2 Å². The summed E-state index contributed by atoms with van der Waals surface area (Å²) in [6.07, 6.45) is 4.51. The zero-order valence-corrected chi connectivity index (χ0v) is 14.6. The molecule has 1 aromatic carbocycles. The highest BCUT2D eigenvalue weighted by Crippen LogP contribution is 2.67. The Balaban J connectivity index is 1.56.